The van der Waals surface area contributed by atoms with Crippen molar-refractivity contribution in [1.82, 2.24) is 9.80 Å². The summed E-state index contributed by atoms with van der Waals surface area (Å²) in [4.78, 5) is 4.63. The van der Waals surface area contributed by atoms with Crippen molar-refractivity contribution in [3.05, 3.63) is 22.2 Å². The molecule has 1 aromatic carbocycles. The van der Waals surface area contributed by atoms with Crippen molar-refractivity contribution >= 4 is 15.9 Å². The number of nitrogens with zero attached hydrogens (tertiary/aromatic N) is 2. The Morgan fingerprint density at radius 1 is 1.04 bits per heavy atom. The van der Waals surface area contributed by atoms with Crippen LogP contribution in [0, 0.1) is 0 Å². The molecular formula is C17H22BrF3N2O3. The number of hydrogen-bond acceptors (Lipinski definition) is 5. The average molecular weight is 439 g/mol. The zero-order valence-corrected chi connectivity index (χ0v) is 15.9. The first-order chi connectivity index (χ1) is 12.4. The molecule has 0 aliphatic carbocycles. The summed E-state index contributed by atoms with van der Waals surface area (Å²) in [6, 6.07) is 3.95. The lowest BCUT2D eigenvalue weighted by molar-refractivity contribution is -0.174. The Morgan fingerprint density at radius 3 is 2.38 bits per heavy atom. The molecule has 0 N–H and O–H groups in total. The minimum absolute atomic E-state index is 0.143. The first-order valence-electron chi connectivity index (χ1n) is 8.58. The highest BCUT2D eigenvalue weighted by atomic mass is 79.9. The lowest BCUT2D eigenvalue weighted by atomic mass is 10.1. The second-order valence-corrected chi connectivity index (χ2v) is 7.29. The topological polar surface area (TPSA) is 34.2 Å². The van der Waals surface area contributed by atoms with Crippen molar-refractivity contribution in [2.75, 3.05) is 52.7 Å². The number of fused-ring (bicyclic) bond motifs is 1. The van der Waals surface area contributed by atoms with Crippen LogP contribution in [0.2, 0.25) is 0 Å². The van der Waals surface area contributed by atoms with Gasteiger partial charge in [0.2, 0.25) is 6.79 Å². The molecule has 1 fully saturated rings. The summed E-state index contributed by atoms with van der Waals surface area (Å²) in [5.74, 6) is 1.54. The molecule has 0 atom stereocenters. The van der Waals surface area contributed by atoms with E-state index < -0.39 is 12.8 Å². The molecule has 9 heteroatoms. The van der Waals surface area contributed by atoms with Crippen LogP contribution in [0.1, 0.15) is 12.0 Å². The Morgan fingerprint density at radius 2 is 1.69 bits per heavy atom. The van der Waals surface area contributed by atoms with E-state index in [1.165, 1.54) is 0 Å². The van der Waals surface area contributed by atoms with E-state index in [1.807, 2.05) is 12.1 Å². The largest absolute Gasteiger partial charge is 0.454 e. The normalized spacial score (nSPS) is 18.5. The van der Waals surface area contributed by atoms with Gasteiger partial charge in [0.05, 0.1) is 0 Å². The fraction of sp³-hybridized carbons (Fsp3) is 0.647. The number of halogens is 4. The Kier molecular flexibility index (Phi) is 6.65. The zero-order chi connectivity index (χ0) is 18.6. The van der Waals surface area contributed by atoms with Crippen LogP contribution < -0.4 is 9.47 Å². The Labute approximate surface area is 159 Å². The zero-order valence-electron chi connectivity index (χ0n) is 14.4. The number of alkyl halides is 3. The molecule has 1 aromatic rings. The number of hydrogen-bond donors (Lipinski definition) is 0. The van der Waals surface area contributed by atoms with Crippen molar-refractivity contribution in [1.29, 1.82) is 0 Å². The Bertz CT molecular complexity index is 608. The fourth-order valence-electron chi connectivity index (χ4n) is 3.07. The van der Waals surface area contributed by atoms with Crippen LogP contribution in [0.3, 0.4) is 0 Å². The predicted molar refractivity (Wildman–Crippen MR) is 93.5 cm³/mol. The highest BCUT2D eigenvalue weighted by Crippen LogP contribution is 2.37. The number of rotatable bonds is 7. The maximum absolute atomic E-state index is 12.0. The molecule has 26 heavy (non-hydrogen) atoms. The molecule has 0 aromatic heterocycles. The lowest BCUT2D eigenvalue weighted by Crippen LogP contribution is -2.46. The molecular weight excluding hydrogens is 417 g/mol. The standard InChI is InChI=1S/C17H22BrF3N2O3/c18-14-9-16-15(25-12-26-16)8-13(14)10-23-5-3-22(4-6-23)2-1-7-24-11-17(19,20)21/h8-9H,1-7,10-12H2. The van der Waals surface area contributed by atoms with Crippen molar-refractivity contribution in [2.45, 2.75) is 19.1 Å². The van der Waals surface area contributed by atoms with E-state index in [2.05, 4.69) is 30.5 Å². The summed E-state index contributed by atoms with van der Waals surface area (Å²) in [6.07, 6.45) is -3.63. The van der Waals surface area contributed by atoms with Crippen molar-refractivity contribution in [3.63, 3.8) is 0 Å². The van der Waals surface area contributed by atoms with Gasteiger partial charge in [0.15, 0.2) is 11.5 Å². The van der Waals surface area contributed by atoms with E-state index >= 15 is 0 Å². The maximum Gasteiger partial charge on any atom is 0.411 e. The summed E-state index contributed by atoms with van der Waals surface area (Å²) < 4.78 is 52.5. The molecule has 3 rings (SSSR count). The van der Waals surface area contributed by atoms with Gasteiger partial charge < -0.3 is 19.1 Å². The van der Waals surface area contributed by atoms with E-state index in [4.69, 9.17) is 9.47 Å². The second-order valence-electron chi connectivity index (χ2n) is 6.44. The smallest absolute Gasteiger partial charge is 0.411 e. The molecule has 146 valence electrons. The monoisotopic (exact) mass is 438 g/mol. The summed E-state index contributed by atoms with van der Waals surface area (Å²) in [5, 5.41) is 0. The molecule has 2 aliphatic rings. The van der Waals surface area contributed by atoms with E-state index in [1.54, 1.807) is 0 Å². The van der Waals surface area contributed by atoms with Gasteiger partial charge in [-0.1, -0.05) is 15.9 Å². The molecule has 0 spiro atoms. The molecule has 1 saturated heterocycles. The first-order valence-corrected chi connectivity index (χ1v) is 9.37. The van der Waals surface area contributed by atoms with Crippen molar-refractivity contribution in [3.8, 4) is 11.5 Å². The van der Waals surface area contributed by atoms with Crippen LogP contribution >= 0.6 is 15.9 Å². The van der Waals surface area contributed by atoms with Gasteiger partial charge in [-0.15, -0.1) is 0 Å². The van der Waals surface area contributed by atoms with E-state index in [9.17, 15) is 13.2 Å². The van der Waals surface area contributed by atoms with Crippen LogP contribution in [-0.2, 0) is 11.3 Å². The number of benzene rings is 1. The van der Waals surface area contributed by atoms with Gasteiger partial charge in [0, 0.05) is 50.3 Å². The molecule has 2 heterocycles. The molecule has 0 radical (unpaired) electrons. The third-order valence-electron chi connectivity index (χ3n) is 4.43. The fourth-order valence-corrected chi connectivity index (χ4v) is 3.52. The molecule has 0 amide bonds. The molecule has 0 saturated carbocycles. The summed E-state index contributed by atoms with van der Waals surface area (Å²) >= 11 is 3.58. The van der Waals surface area contributed by atoms with Gasteiger partial charge in [-0.25, -0.2) is 0 Å². The SMILES string of the molecule is FC(F)(F)COCCCN1CCN(Cc2cc3c(cc2Br)OCO3)CC1. The Balaban J connectivity index is 1.37. The number of ether oxygens (including phenoxy) is 3. The quantitative estimate of drug-likeness (QED) is 0.610. The van der Waals surface area contributed by atoms with Crippen molar-refractivity contribution < 1.29 is 27.4 Å². The molecule has 0 bridgehead atoms. The summed E-state index contributed by atoms with van der Waals surface area (Å²) in [6.45, 7) is 4.47. The van der Waals surface area contributed by atoms with Crippen molar-refractivity contribution in [2.24, 2.45) is 0 Å². The van der Waals surface area contributed by atoms with Gasteiger partial charge in [-0.05, 0) is 24.1 Å². The van der Waals surface area contributed by atoms with Crippen LogP contribution in [0.4, 0.5) is 13.2 Å². The minimum atomic E-state index is -4.24. The van der Waals surface area contributed by atoms with Gasteiger partial charge in [0.25, 0.3) is 0 Å². The van der Waals surface area contributed by atoms with Gasteiger partial charge in [-0.2, -0.15) is 13.2 Å². The van der Waals surface area contributed by atoms with Gasteiger partial charge in [-0.3, -0.25) is 4.90 Å². The maximum atomic E-state index is 12.0. The molecule has 2 aliphatic heterocycles. The second kappa shape index (κ2) is 8.77. The van der Waals surface area contributed by atoms with Crippen LogP contribution in [0.25, 0.3) is 0 Å². The lowest BCUT2D eigenvalue weighted by Gasteiger charge is -2.34. The third-order valence-corrected chi connectivity index (χ3v) is 5.17. The van der Waals surface area contributed by atoms with E-state index in [-0.39, 0.29) is 13.4 Å². The Hall–Kier alpha value is -1.03. The highest BCUT2D eigenvalue weighted by Gasteiger charge is 2.27. The molecule has 5 nitrogen and oxygen atoms in total. The minimum Gasteiger partial charge on any atom is -0.454 e. The molecule has 0 unspecified atom stereocenters. The third kappa shape index (κ3) is 5.73. The predicted octanol–water partition coefficient (Wildman–Crippen LogP) is 3.26. The van der Waals surface area contributed by atoms with E-state index in [0.29, 0.717) is 6.42 Å². The van der Waals surface area contributed by atoms with Gasteiger partial charge >= 0.3 is 6.18 Å². The summed E-state index contributed by atoms with van der Waals surface area (Å²) in [5.41, 5.74) is 1.16. The summed E-state index contributed by atoms with van der Waals surface area (Å²) in [7, 11) is 0. The van der Waals surface area contributed by atoms with Crippen LogP contribution in [0.15, 0.2) is 16.6 Å². The first kappa shape index (κ1) is 19.7. The highest BCUT2D eigenvalue weighted by molar-refractivity contribution is 9.10. The number of piperazine rings is 1. The van der Waals surface area contributed by atoms with Crippen LogP contribution in [0.5, 0.6) is 11.5 Å². The average Bonchev–Trinajstić information content (AvgIpc) is 3.02. The van der Waals surface area contributed by atoms with Crippen LogP contribution in [-0.4, -0.2) is 68.7 Å². The van der Waals surface area contributed by atoms with Gasteiger partial charge in [0.1, 0.15) is 6.61 Å². The van der Waals surface area contributed by atoms with E-state index in [0.717, 1.165) is 60.8 Å².